The number of likely N-dealkylation sites (tertiary alicyclic amines) is 1. The molecule has 0 radical (unpaired) electrons. The molecule has 1 aliphatic rings. The molecular formula is C14H23ClN4O. The highest BCUT2D eigenvalue weighted by molar-refractivity contribution is 6.30. The van der Waals surface area contributed by atoms with Crippen molar-refractivity contribution in [1.29, 1.82) is 0 Å². The van der Waals surface area contributed by atoms with Gasteiger partial charge in [-0.05, 0) is 46.2 Å². The van der Waals surface area contributed by atoms with E-state index in [2.05, 4.69) is 15.3 Å². The van der Waals surface area contributed by atoms with E-state index in [0.717, 1.165) is 26.1 Å². The van der Waals surface area contributed by atoms with Gasteiger partial charge in [-0.15, -0.1) is 0 Å². The topological polar surface area (TPSA) is 50.2 Å². The second-order valence-corrected chi connectivity index (χ2v) is 6.22. The van der Waals surface area contributed by atoms with E-state index in [1.165, 1.54) is 12.8 Å². The van der Waals surface area contributed by atoms with Crippen molar-refractivity contribution in [2.75, 3.05) is 19.6 Å². The zero-order chi connectivity index (χ0) is 14.6. The van der Waals surface area contributed by atoms with Crippen LogP contribution in [0.3, 0.4) is 0 Å². The Morgan fingerprint density at radius 1 is 1.45 bits per heavy atom. The quantitative estimate of drug-likeness (QED) is 0.816. The lowest BCUT2D eigenvalue weighted by Gasteiger charge is -2.33. The van der Waals surface area contributed by atoms with Crippen LogP contribution in [0.2, 0.25) is 5.02 Å². The van der Waals surface area contributed by atoms with Crippen LogP contribution < -0.4 is 5.32 Å². The molecule has 1 aliphatic heterocycles. The van der Waals surface area contributed by atoms with Gasteiger partial charge in [-0.2, -0.15) is 5.10 Å². The minimum absolute atomic E-state index is 0.109. The number of carbonyl (C=O) groups excluding carboxylic acids is 1. The third-order valence-electron chi connectivity index (χ3n) is 3.90. The first-order valence-corrected chi connectivity index (χ1v) is 7.59. The molecule has 20 heavy (non-hydrogen) atoms. The van der Waals surface area contributed by atoms with Gasteiger partial charge in [0.1, 0.15) is 0 Å². The van der Waals surface area contributed by atoms with Gasteiger partial charge in [-0.1, -0.05) is 11.6 Å². The van der Waals surface area contributed by atoms with Gasteiger partial charge in [0.25, 0.3) is 0 Å². The van der Waals surface area contributed by atoms with Crippen LogP contribution in [0.4, 0.5) is 0 Å². The van der Waals surface area contributed by atoms with Crippen molar-refractivity contribution in [2.45, 2.75) is 45.2 Å². The van der Waals surface area contributed by atoms with Crippen LogP contribution in [0.1, 0.15) is 33.1 Å². The van der Waals surface area contributed by atoms with Crippen LogP contribution in [0.15, 0.2) is 12.4 Å². The second-order valence-electron chi connectivity index (χ2n) is 5.78. The van der Waals surface area contributed by atoms with Gasteiger partial charge in [-0.25, -0.2) is 0 Å². The summed E-state index contributed by atoms with van der Waals surface area (Å²) in [6, 6.07) is 0. The predicted molar refractivity (Wildman–Crippen MR) is 79.7 cm³/mol. The lowest BCUT2D eigenvalue weighted by atomic mass is 10.0. The Bertz CT molecular complexity index is 452. The van der Waals surface area contributed by atoms with Gasteiger partial charge >= 0.3 is 0 Å². The summed E-state index contributed by atoms with van der Waals surface area (Å²) in [4.78, 5) is 14.5. The van der Waals surface area contributed by atoms with Gasteiger partial charge in [-0.3, -0.25) is 14.4 Å². The Balaban J connectivity index is 1.71. The molecule has 2 heterocycles. The number of aryl methyl sites for hydroxylation is 1. The fourth-order valence-electron chi connectivity index (χ4n) is 2.54. The number of nitrogens with zero attached hydrogens (tertiary/aromatic N) is 3. The lowest BCUT2D eigenvalue weighted by Crippen LogP contribution is -2.54. The Labute approximate surface area is 125 Å². The molecule has 0 bridgehead atoms. The third kappa shape index (κ3) is 3.73. The summed E-state index contributed by atoms with van der Waals surface area (Å²) >= 11 is 5.80. The molecule has 0 saturated carbocycles. The first-order valence-electron chi connectivity index (χ1n) is 7.21. The number of hydrogen-bond donors (Lipinski definition) is 1. The van der Waals surface area contributed by atoms with E-state index >= 15 is 0 Å². The van der Waals surface area contributed by atoms with E-state index in [-0.39, 0.29) is 5.91 Å². The number of rotatable bonds is 6. The molecule has 1 fully saturated rings. The van der Waals surface area contributed by atoms with E-state index in [1.54, 1.807) is 17.1 Å². The minimum Gasteiger partial charge on any atom is -0.354 e. The van der Waals surface area contributed by atoms with E-state index in [4.69, 9.17) is 11.6 Å². The second kappa shape index (κ2) is 6.59. The van der Waals surface area contributed by atoms with Crippen molar-refractivity contribution in [3.63, 3.8) is 0 Å². The average molecular weight is 299 g/mol. The number of aromatic nitrogens is 2. The first kappa shape index (κ1) is 15.3. The largest absolute Gasteiger partial charge is 0.354 e. The van der Waals surface area contributed by atoms with Crippen LogP contribution in [-0.4, -0.2) is 45.8 Å². The lowest BCUT2D eigenvalue weighted by molar-refractivity contribution is -0.131. The molecule has 0 aliphatic carbocycles. The zero-order valence-corrected chi connectivity index (χ0v) is 13.0. The van der Waals surface area contributed by atoms with Crippen molar-refractivity contribution in [1.82, 2.24) is 20.0 Å². The average Bonchev–Trinajstić information content (AvgIpc) is 3.05. The Morgan fingerprint density at radius 2 is 2.15 bits per heavy atom. The molecule has 0 unspecified atom stereocenters. The van der Waals surface area contributed by atoms with Gasteiger partial charge in [0.2, 0.25) is 5.91 Å². The summed E-state index contributed by atoms with van der Waals surface area (Å²) in [5, 5.41) is 7.77. The monoisotopic (exact) mass is 298 g/mol. The fraction of sp³-hybridized carbons (Fsp3) is 0.714. The SMILES string of the molecule is CC(C)(C(=O)NCCCn1cc(Cl)cn1)N1CCCC1. The Hall–Kier alpha value is -1.07. The summed E-state index contributed by atoms with van der Waals surface area (Å²) in [7, 11) is 0. The maximum Gasteiger partial charge on any atom is 0.239 e. The number of carbonyl (C=O) groups is 1. The molecule has 2 rings (SSSR count). The van der Waals surface area contributed by atoms with Gasteiger partial charge < -0.3 is 5.32 Å². The maximum absolute atomic E-state index is 12.3. The van der Waals surface area contributed by atoms with Crippen LogP contribution >= 0.6 is 11.6 Å². The molecule has 112 valence electrons. The number of amides is 1. The molecule has 1 saturated heterocycles. The van der Waals surface area contributed by atoms with Crippen molar-refractivity contribution >= 4 is 17.5 Å². The van der Waals surface area contributed by atoms with E-state index < -0.39 is 5.54 Å². The van der Waals surface area contributed by atoms with Crippen molar-refractivity contribution in [3.05, 3.63) is 17.4 Å². The van der Waals surface area contributed by atoms with Crippen LogP contribution in [-0.2, 0) is 11.3 Å². The molecular weight excluding hydrogens is 276 g/mol. The first-order chi connectivity index (χ1) is 9.50. The van der Waals surface area contributed by atoms with Gasteiger partial charge in [0.15, 0.2) is 0 Å². The molecule has 1 N–H and O–H groups in total. The maximum atomic E-state index is 12.3. The number of hydrogen-bond acceptors (Lipinski definition) is 3. The molecule has 5 nitrogen and oxygen atoms in total. The highest BCUT2D eigenvalue weighted by Gasteiger charge is 2.35. The summed E-state index contributed by atoms with van der Waals surface area (Å²) < 4.78 is 1.79. The molecule has 1 aromatic rings. The fourth-order valence-corrected chi connectivity index (χ4v) is 2.70. The molecule has 0 spiro atoms. The summed E-state index contributed by atoms with van der Waals surface area (Å²) in [5.74, 6) is 0.109. The van der Waals surface area contributed by atoms with E-state index in [9.17, 15) is 4.79 Å². The Morgan fingerprint density at radius 3 is 2.75 bits per heavy atom. The normalized spacial score (nSPS) is 16.6. The van der Waals surface area contributed by atoms with Gasteiger partial charge in [0.05, 0.1) is 16.8 Å². The number of halogens is 1. The van der Waals surface area contributed by atoms with E-state index in [0.29, 0.717) is 11.6 Å². The molecule has 6 heteroatoms. The summed E-state index contributed by atoms with van der Waals surface area (Å²) in [6.07, 6.45) is 6.64. The summed E-state index contributed by atoms with van der Waals surface area (Å²) in [5.41, 5.74) is -0.411. The Kier molecular flexibility index (Phi) is 5.05. The minimum atomic E-state index is -0.411. The molecule has 0 aromatic carbocycles. The van der Waals surface area contributed by atoms with Crippen molar-refractivity contribution in [3.8, 4) is 0 Å². The van der Waals surface area contributed by atoms with Crippen molar-refractivity contribution < 1.29 is 4.79 Å². The number of nitrogens with one attached hydrogen (secondary N) is 1. The van der Waals surface area contributed by atoms with Crippen LogP contribution in [0, 0.1) is 0 Å². The highest BCUT2D eigenvalue weighted by Crippen LogP contribution is 2.20. The molecule has 0 atom stereocenters. The molecule has 1 amide bonds. The highest BCUT2D eigenvalue weighted by atomic mass is 35.5. The van der Waals surface area contributed by atoms with Crippen LogP contribution in [0.25, 0.3) is 0 Å². The standard InChI is InChI=1S/C14H23ClN4O/c1-14(2,18-7-3-4-8-18)13(20)16-6-5-9-19-11-12(15)10-17-19/h10-11H,3-9H2,1-2H3,(H,16,20). The third-order valence-corrected chi connectivity index (χ3v) is 4.10. The smallest absolute Gasteiger partial charge is 0.239 e. The van der Waals surface area contributed by atoms with Gasteiger partial charge in [0, 0.05) is 19.3 Å². The van der Waals surface area contributed by atoms with Crippen molar-refractivity contribution in [2.24, 2.45) is 0 Å². The van der Waals surface area contributed by atoms with E-state index in [1.807, 2.05) is 13.8 Å². The zero-order valence-electron chi connectivity index (χ0n) is 12.2. The predicted octanol–water partition coefficient (Wildman–Crippen LogP) is 1.92. The molecule has 1 aromatic heterocycles. The summed E-state index contributed by atoms with van der Waals surface area (Å²) in [6.45, 7) is 7.46. The van der Waals surface area contributed by atoms with Crippen LogP contribution in [0.5, 0.6) is 0 Å².